The summed E-state index contributed by atoms with van der Waals surface area (Å²) in [6, 6.07) is 0. The summed E-state index contributed by atoms with van der Waals surface area (Å²) < 4.78 is 31.2. The minimum absolute atomic E-state index is 0.0234. The van der Waals surface area contributed by atoms with Crippen LogP contribution < -0.4 is 10.0 Å². The van der Waals surface area contributed by atoms with Gasteiger partial charge in [0.25, 0.3) is 0 Å². The topological polar surface area (TPSA) is 123 Å². The Kier molecular flexibility index (Phi) is 4.81. The summed E-state index contributed by atoms with van der Waals surface area (Å²) in [7, 11) is -3.71. The first-order valence-corrected chi connectivity index (χ1v) is 7.84. The molecule has 0 atom stereocenters. The Morgan fingerprint density at radius 1 is 1.29 bits per heavy atom. The fraction of sp³-hybridized carbons (Fsp3) is 0.455. The summed E-state index contributed by atoms with van der Waals surface area (Å²) in [5.41, 5.74) is 0. The van der Waals surface area contributed by atoms with Gasteiger partial charge in [-0.3, -0.25) is 0 Å². The van der Waals surface area contributed by atoms with Crippen molar-refractivity contribution in [1.82, 2.24) is 24.8 Å². The summed E-state index contributed by atoms with van der Waals surface area (Å²) in [5.74, 6) is 1.03. The number of aryl methyl sites for hydroxylation is 1. The van der Waals surface area contributed by atoms with E-state index in [1.54, 1.807) is 6.92 Å². The molecule has 0 saturated carbocycles. The summed E-state index contributed by atoms with van der Waals surface area (Å²) in [6.07, 6.45) is 3.42. The van der Waals surface area contributed by atoms with E-state index in [2.05, 4.69) is 30.1 Å². The van der Waals surface area contributed by atoms with Gasteiger partial charge in [0.15, 0.2) is 5.82 Å². The lowest BCUT2D eigenvalue weighted by Gasteiger charge is -2.05. The van der Waals surface area contributed by atoms with Crippen LogP contribution in [0.3, 0.4) is 0 Å². The molecule has 2 heterocycles. The van der Waals surface area contributed by atoms with Crippen LogP contribution in [-0.2, 0) is 16.6 Å². The molecule has 0 amide bonds. The van der Waals surface area contributed by atoms with Crippen LogP contribution >= 0.6 is 0 Å². The standard InChI is InChI=1S/C11H16N6O3S/c1-3-4-12-11-13-5-9(6-14-11)21(18,19)15-7-10-16-8(2)20-17-10/h5-6,15H,3-4,7H2,1-2H3,(H,12,13,14). The van der Waals surface area contributed by atoms with Crippen molar-refractivity contribution in [2.24, 2.45) is 0 Å². The third-order valence-electron chi connectivity index (χ3n) is 2.46. The molecule has 0 bridgehead atoms. The highest BCUT2D eigenvalue weighted by Crippen LogP contribution is 2.08. The van der Waals surface area contributed by atoms with Crippen molar-refractivity contribution in [3.63, 3.8) is 0 Å². The van der Waals surface area contributed by atoms with Crippen LogP contribution in [-0.4, -0.2) is 35.1 Å². The van der Waals surface area contributed by atoms with Gasteiger partial charge in [0.2, 0.25) is 21.9 Å². The number of sulfonamides is 1. The van der Waals surface area contributed by atoms with E-state index in [1.807, 2.05) is 6.92 Å². The van der Waals surface area contributed by atoms with Crippen molar-refractivity contribution in [2.45, 2.75) is 31.7 Å². The third kappa shape index (κ3) is 4.20. The Hall–Kier alpha value is -2.07. The number of nitrogens with zero attached hydrogens (tertiary/aromatic N) is 4. The van der Waals surface area contributed by atoms with Gasteiger partial charge in [0.1, 0.15) is 4.90 Å². The van der Waals surface area contributed by atoms with Gasteiger partial charge >= 0.3 is 0 Å². The maximum absolute atomic E-state index is 12.0. The molecule has 2 rings (SSSR count). The Morgan fingerprint density at radius 3 is 2.57 bits per heavy atom. The predicted molar refractivity (Wildman–Crippen MR) is 73.9 cm³/mol. The number of hydrogen-bond acceptors (Lipinski definition) is 8. The molecule has 2 N–H and O–H groups in total. The van der Waals surface area contributed by atoms with Crippen LogP contribution in [0.25, 0.3) is 0 Å². The Bertz CT molecular complexity index is 682. The second kappa shape index (κ2) is 6.59. The number of hydrogen-bond donors (Lipinski definition) is 2. The van der Waals surface area contributed by atoms with Gasteiger partial charge in [-0.1, -0.05) is 12.1 Å². The first-order valence-electron chi connectivity index (χ1n) is 6.36. The van der Waals surface area contributed by atoms with Crippen molar-refractivity contribution < 1.29 is 12.9 Å². The monoisotopic (exact) mass is 312 g/mol. The molecule has 0 aliphatic heterocycles. The minimum atomic E-state index is -3.71. The second-order valence-electron chi connectivity index (χ2n) is 4.22. The lowest BCUT2D eigenvalue weighted by atomic mass is 10.5. The quantitative estimate of drug-likeness (QED) is 0.756. The highest BCUT2D eigenvalue weighted by Gasteiger charge is 2.16. The molecule has 0 aliphatic rings. The van der Waals surface area contributed by atoms with Gasteiger partial charge in [-0.05, 0) is 6.42 Å². The molecule has 2 aromatic rings. The van der Waals surface area contributed by atoms with Gasteiger partial charge < -0.3 is 9.84 Å². The minimum Gasteiger partial charge on any atom is -0.354 e. The molecule has 0 unspecified atom stereocenters. The average Bonchev–Trinajstić information content (AvgIpc) is 2.89. The largest absolute Gasteiger partial charge is 0.354 e. The molecule has 10 heteroatoms. The van der Waals surface area contributed by atoms with Crippen molar-refractivity contribution in [3.05, 3.63) is 24.1 Å². The summed E-state index contributed by atoms with van der Waals surface area (Å²) >= 11 is 0. The van der Waals surface area contributed by atoms with Crippen molar-refractivity contribution in [3.8, 4) is 0 Å². The van der Waals surface area contributed by atoms with E-state index >= 15 is 0 Å². The molecule has 0 radical (unpaired) electrons. The number of nitrogens with one attached hydrogen (secondary N) is 2. The van der Waals surface area contributed by atoms with Gasteiger partial charge in [-0.15, -0.1) is 0 Å². The normalized spacial score (nSPS) is 11.5. The molecular formula is C11H16N6O3S. The average molecular weight is 312 g/mol. The first-order chi connectivity index (χ1) is 10.0. The number of anilines is 1. The summed E-state index contributed by atoms with van der Waals surface area (Å²) in [5, 5.41) is 6.57. The number of aromatic nitrogens is 4. The third-order valence-corrected chi connectivity index (χ3v) is 3.82. The fourth-order valence-corrected chi connectivity index (χ4v) is 2.31. The highest BCUT2D eigenvalue weighted by molar-refractivity contribution is 7.89. The highest BCUT2D eigenvalue weighted by atomic mass is 32.2. The van der Waals surface area contributed by atoms with Crippen LogP contribution in [0, 0.1) is 6.92 Å². The molecule has 114 valence electrons. The van der Waals surface area contributed by atoms with E-state index in [1.165, 1.54) is 12.4 Å². The Labute approximate surface area is 122 Å². The lowest BCUT2D eigenvalue weighted by Crippen LogP contribution is -2.24. The zero-order chi connectivity index (χ0) is 15.3. The first kappa shape index (κ1) is 15.3. The van der Waals surface area contributed by atoms with E-state index in [4.69, 9.17) is 4.52 Å². The van der Waals surface area contributed by atoms with Crippen molar-refractivity contribution >= 4 is 16.0 Å². The van der Waals surface area contributed by atoms with E-state index in [9.17, 15) is 8.42 Å². The van der Waals surface area contributed by atoms with Gasteiger partial charge in [-0.2, -0.15) is 4.98 Å². The fourth-order valence-electron chi connectivity index (χ4n) is 1.44. The molecule has 21 heavy (non-hydrogen) atoms. The van der Waals surface area contributed by atoms with E-state index in [0.29, 0.717) is 11.8 Å². The van der Waals surface area contributed by atoms with E-state index in [0.717, 1.165) is 13.0 Å². The van der Waals surface area contributed by atoms with E-state index < -0.39 is 10.0 Å². The lowest BCUT2D eigenvalue weighted by molar-refractivity contribution is 0.387. The van der Waals surface area contributed by atoms with Crippen LogP contribution in [0.2, 0.25) is 0 Å². The summed E-state index contributed by atoms with van der Waals surface area (Å²) in [4.78, 5) is 11.8. The molecule has 9 nitrogen and oxygen atoms in total. The zero-order valence-electron chi connectivity index (χ0n) is 11.7. The zero-order valence-corrected chi connectivity index (χ0v) is 12.5. The van der Waals surface area contributed by atoms with Crippen molar-refractivity contribution in [2.75, 3.05) is 11.9 Å². The van der Waals surface area contributed by atoms with Crippen LogP contribution in [0.5, 0.6) is 0 Å². The molecule has 0 saturated heterocycles. The second-order valence-corrected chi connectivity index (χ2v) is 5.99. The SMILES string of the molecule is CCCNc1ncc(S(=O)(=O)NCc2noc(C)n2)cn1. The molecule has 0 spiro atoms. The van der Waals surface area contributed by atoms with Crippen LogP contribution in [0.15, 0.2) is 21.8 Å². The van der Waals surface area contributed by atoms with Gasteiger partial charge in [-0.25, -0.2) is 23.1 Å². The van der Waals surface area contributed by atoms with Gasteiger partial charge in [0, 0.05) is 13.5 Å². The molecule has 0 aliphatic carbocycles. The molecule has 0 aromatic carbocycles. The maximum Gasteiger partial charge on any atom is 0.244 e. The predicted octanol–water partition coefficient (Wildman–Crippen LogP) is 0.468. The Balaban J connectivity index is 2.01. The number of rotatable bonds is 7. The van der Waals surface area contributed by atoms with Crippen LogP contribution in [0.4, 0.5) is 5.95 Å². The Morgan fingerprint density at radius 2 is 2.00 bits per heavy atom. The van der Waals surface area contributed by atoms with Crippen LogP contribution in [0.1, 0.15) is 25.1 Å². The maximum atomic E-state index is 12.0. The van der Waals surface area contributed by atoms with Gasteiger partial charge in [0.05, 0.1) is 18.9 Å². The van der Waals surface area contributed by atoms with E-state index in [-0.39, 0.29) is 17.3 Å². The van der Waals surface area contributed by atoms with Crippen molar-refractivity contribution in [1.29, 1.82) is 0 Å². The molecule has 2 aromatic heterocycles. The molecular weight excluding hydrogens is 296 g/mol. The smallest absolute Gasteiger partial charge is 0.244 e. The summed E-state index contributed by atoms with van der Waals surface area (Å²) in [6.45, 7) is 4.30. The molecule has 0 fully saturated rings.